The van der Waals surface area contributed by atoms with Gasteiger partial charge in [-0.2, -0.15) is 4.39 Å². The average Bonchev–Trinajstić information content (AvgIpc) is 2.16. The van der Waals surface area contributed by atoms with E-state index in [4.69, 9.17) is 0 Å². The van der Waals surface area contributed by atoms with Crippen LogP contribution in [0.1, 0.15) is 27.7 Å². The van der Waals surface area contributed by atoms with Crippen LogP contribution < -0.4 is 10.9 Å². The van der Waals surface area contributed by atoms with E-state index in [0.717, 1.165) is 0 Å². The van der Waals surface area contributed by atoms with Crippen LogP contribution in [0, 0.1) is 11.9 Å². The van der Waals surface area contributed by atoms with Gasteiger partial charge in [0, 0.05) is 12.6 Å². The average molecular weight is 226 g/mol. The molecule has 0 unspecified atom stereocenters. The molecule has 16 heavy (non-hydrogen) atoms. The zero-order chi connectivity index (χ0) is 12.3. The first-order valence-electron chi connectivity index (χ1n) is 5.57. The Bertz CT molecular complexity index is 410. The molecule has 90 valence electrons. The minimum atomic E-state index is -0.479. The van der Waals surface area contributed by atoms with Crippen LogP contribution in [0.15, 0.2) is 16.9 Å². The fourth-order valence-electron chi connectivity index (χ4n) is 1.51. The molecule has 0 aliphatic heterocycles. The zero-order valence-electron chi connectivity index (χ0n) is 10.2. The van der Waals surface area contributed by atoms with E-state index in [2.05, 4.69) is 5.32 Å². The van der Waals surface area contributed by atoms with Crippen LogP contribution in [-0.2, 0) is 6.54 Å². The Morgan fingerprint density at radius 3 is 2.44 bits per heavy atom. The highest BCUT2D eigenvalue weighted by molar-refractivity contribution is 5.41. The molecule has 0 amide bonds. The highest BCUT2D eigenvalue weighted by Gasteiger charge is 2.10. The summed E-state index contributed by atoms with van der Waals surface area (Å²) in [6.45, 7) is 8.19. The quantitative estimate of drug-likeness (QED) is 0.800. The van der Waals surface area contributed by atoms with Gasteiger partial charge in [-0.15, -0.1) is 0 Å². The molecular formula is C12H19FN2O. The van der Waals surface area contributed by atoms with Crippen molar-refractivity contribution < 1.29 is 4.39 Å². The van der Waals surface area contributed by atoms with Crippen molar-refractivity contribution in [2.24, 2.45) is 5.92 Å². The van der Waals surface area contributed by atoms with Gasteiger partial charge >= 0.3 is 0 Å². The summed E-state index contributed by atoms with van der Waals surface area (Å²) in [7, 11) is 0. The van der Waals surface area contributed by atoms with Crippen LogP contribution in [0.4, 0.5) is 10.1 Å². The lowest BCUT2D eigenvalue weighted by Crippen LogP contribution is -2.29. The van der Waals surface area contributed by atoms with E-state index in [1.807, 2.05) is 27.7 Å². The molecular weight excluding hydrogens is 207 g/mol. The number of nitrogens with one attached hydrogen (secondary N) is 1. The minimum Gasteiger partial charge on any atom is -0.378 e. The maximum atomic E-state index is 13.5. The Morgan fingerprint density at radius 2 is 1.94 bits per heavy atom. The Balaban J connectivity index is 3.11. The number of hydrogen-bond acceptors (Lipinski definition) is 2. The van der Waals surface area contributed by atoms with Crippen molar-refractivity contribution in [3.05, 3.63) is 28.4 Å². The largest absolute Gasteiger partial charge is 0.378 e. The summed E-state index contributed by atoms with van der Waals surface area (Å²) in [6, 6.07) is 2.98. The first-order valence-corrected chi connectivity index (χ1v) is 5.57. The molecule has 0 saturated heterocycles. The van der Waals surface area contributed by atoms with E-state index in [0.29, 0.717) is 12.2 Å². The Morgan fingerprint density at radius 1 is 1.31 bits per heavy atom. The number of anilines is 1. The first kappa shape index (κ1) is 12.7. The van der Waals surface area contributed by atoms with Crippen LogP contribution in [0.3, 0.4) is 0 Å². The van der Waals surface area contributed by atoms with Crippen molar-refractivity contribution in [1.29, 1.82) is 0 Å². The predicted octanol–water partition coefficient (Wildman–Crippen LogP) is 2.46. The van der Waals surface area contributed by atoms with Crippen molar-refractivity contribution in [3.8, 4) is 0 Å². The predicted molar refractivity (Wildman–Crippen MR) is 64.3 cm³/mol. The van der Waals surface area contributed by atoms with Gasteiger partial charge in [0.2, 0.25) is 0 Å². The molecule has 1 N–H and O–H groups in total. The lowest BCUT2D eigenvalue weighted by molar-refractivity contribution is 0.421. The molecule has 1 aromatic heterocycles. The molecule has 0 aliphatic carbocycles. The van der Waals surface area contributed by atoms with Gasteiger partial charge in [-0.25, -0.2) is 0 Å². The third kappa shape index (κ3) is 3.08. The van der Waals surface area contributed by atoms with Crippen molar-refractivity contribution in [2.45, 2.75) is 40.3 Å². The van der Waals surface area contributed by atoms with Gasteiger partial charge in [0.1, 0.15) is 5.69 Å². The molecule has 4 heteroatoms. The summed E-state index contributed by atoms with van der Waals surface area (Å²) < 4.78 is 14.6. The maximum absolute atomic E-state index is 13.5. The summed E-state index contributed by atoms with van der Waals surface area (Å²) in [4.78, 5) is 11.9. The molecule has 0 aliphatic rings. The molecule has 0 saturated carbocycles. The van der Waals surface area contributed by atoms with E-state index in [9.17, 15) is 9.18 Å². The SMILES string of the molecule is CC(C)Cn1c(F)ccc(NC(C)C)c1=O. The second kappa shape index (κ2) is 5.14. The van der Waals surface area contributed by atoms with Crippen LogP contribution >= 0.6 is 0 Å². The van der Waals surface area contributed by atoms with Gasteiger partial charge in [-0.3, -0.25) is 9.36 Å². The molecule has 1 aromatic rings. The van der Waals surface area contributed by atoms with Crippen molar-refractivity contribution in [2.75, 3.05) is 5.32 Å². The van der Waals surface area contributed by atoms with Gasteiger partial charge in [0.15, 0.2) is 5.95 Å². The second-order valence-corrected chi connectivity index (χ2v) is 4.68. The molecule has 3 nitrogen and oxygen atoms in total. The van der Waals surface area contributed by atoms with Gasteiger partial charge in [0.25, 0.3) is 5.56 Å². The molecule has 0 bridgehead atoms. The molecule has 1 rings (SSSR count). The summed E-state index contributed by atoms with van der Waals surface area (Å²) in [6.07, 6.45) is 0. The maximum Gasteiger partial charge on any atom is 0.276 e. The number of nitrogens with zero attached hydrogens (tertiary/aromatic N) is 1. The molecule has 0 radical (unpaired) electrons. The third-order valence-corrected chi connectivity index (χ3v) is 2.11. The molecule has 0 fully saturated rings. The lowest BCUT2D eigenvalue weighted by Gasteiger charge is -2.14. The summed E-state index contributed by atoms with van der Waals surface area (Å²) >= 11 is 0. The second-order valence-electron chi connectivity index (χ2n) is 4.68. The first-order chi connectivity index (χ1) is 7.41. The number of halogens is 1. The molecule has 0 spiro atoms. The van der Waals surface area contributed by atoms with E-state index in [-0.39, 0.29) is 17.5 Å². The van der Waals surface area contributed by atoms with E-state index >= 15 is 0 Å². The lowest BCUT2D eigenvalue weighted by atomic mass is 10.2. The van der Waals surface area contributed by atoms with Gasteiger partial charge in [0.05, 0.1) is 0 Å². The Kier molecular flexibility index (Phi) is 4.10. The normalized spacial score (nSPS) is 11.2. The zero-order valence-corrected chi connectivity index (χ0v) is 10.2. The van der Waals surface area contributed by atoms with Crippen LogP contribution in [-0.4, -0.2) is 10.6 Å². The number of aromatic nitrogens is 1. The van der Waals surface area contributed by atoms with Crippen LogP contribution in [0.2, 0.25) is 0 Å². The van der Waals surface area contributed by atoms with E-state index < -0.39 is 5.95 Å². The fraction of sp³-hybridized carbons (Fsp3) is 0.583. The van der Waals surface area contributed by atoms with Crippen molar-refractivity contribution >= 4 is 5.69 Å². The number of pyridine rings is 1. The fourth-order valence-corrected chi connectivity index (χ4v) is 1.51. The number of rotatable bonds is 4. The highest BCUT2D eigenvalue weighted by atomic mass is 19.1. The van der Waals surface area contributed by atoms with Gasteiger partial charge < -0.3 is 5.32 Å². The van der Waals surface area contributed by atoms with Gasteiger partial charge in [-0.1, -0.05) is 13.8 Å². The monoisotopic (exact) mass is 226 g/mol. The summed E-state index contributed by atoms with van der Waals surface area (Å²) in [5.41, 5.74) is 0.166. The standard InChI is InChI=1S/C12H19FN2O/c1-8(2)7-15-11(13)6-5-10(12(15)16)14-9(3)4/h5-6,8-9,14H,7H2,1-4H3. The smallest absolute Gasteiger partial charge is 0.276 e. The third-order valence-electron chi connectivity index (χ3n) is 2.11. The summed E-state index contributed by atoms with van der Waals surface area (Å²) in [5, 5.41) is 3.01. The highest BCUT2D eigenvalue weighted by Crippen LogP contribution is 2.06. The number of hydrogen-bond donors (Lipinski definition) is 1. The molecule has 1 heterocycles. The Hall–Kier alpha value is -1.32. The Labute approximate surface area is 95.3 Å². The topological polar surface area (TPSA) is 34.0 Å². The molecule has 0 atom stereocenters. The molecule has 0 aromatic carbocycles. The van der Waals surface area contributed by atoms with Gasteiger partial charge in [-0.05, 0) is 31.9 Å². The van der Waals surface area contributed by atoms with Crippen molar-refractivity contribution in [3.63, 3.8) is 0 Å². The van der Waals surface area contributed by atoms with Crippen molar-refractivity contribution in [1.82, 2.24) is 4.57 Å². The summed E-state index contributed by atoms with van der Waals surface area (Å²) in [5.74, 6) is -0.241. The van der Waals surface area contributed by atoms with E-state index in [1.165, 1.54) is 16.7 Å². The van der Waals surface area contributed by atoms with E-state index in [1.54, 1.807) is 0 Å². The van der Waals surface area contributed by atoms with Crippen LogP contribution in [0.5, 0.6) is 0 Å². The minimum absolute atomic E-state index is 0.158. The van der Waals surface area contributed by atoms with Crippen LogP contribution in [0.25, 0.3) is 0 Å².